The summed E-state index contributed by atoms with van der Waals surface area (Å²) in [6.45, 7) is 7.32. The van der Waals surface area contributed by atoms with Crippen LogP contribution in [0.4, 0.5) is 11.4 Å². The average Bonchev–Trinajstić information content (AvgIpc) is 3.25. The van der Waals surface area contributed by atoms with Gasteiger partial charge in [0.2, 0.25) is 0 Å². The summed E-state index contributed by atoms with van der Waals surface area (Å²) >= 11 is 0. The average molecular weight is 484 g/mol. The number of hydrogen-bond donors (Lipinski definition) is 2. The molecule has 2 heterocycles. The van der Waals surface area contributed by atoms with Crippen LogP contribution in [0.1, 0.15) is 53.4 Å². The van der Waals surface area contributed by atoms with Crippen LogP contribution < -0.4 is 9.62 Å². The molecule has 0 amide bonds. The van der Waals surface area contributed by atoms with E-state index in [2.05, 4.69) is 14.8 Å². The Morgan fingerprint density at radius 1 is 1.12 bits per heavy atom. The first-order valence-electron chi connectivity index (χ1n) is 11.4. The number of nitrogens with one attached hydrogen (secondary N) is 1. The second-order valence-electron chi connectivity index (χ2n) is 8.61. The van der Waals surface area contributed by atoms with Crippen molar-refractivity contribution >= 4 is 27.4 Å². The highest BCUT2D eigenvalue weighted by Gasteiger charge is 2.25. The first-order chi connectivity index (χ1) is 16.2. The molecule has 34 heavy (non-hydrogen) atoms. The molecule has 1 aromatic heterocycles. The lowest BCUT2D eigenvalue weighted by molar-refractivity contribution is 0.0696. The summed E-state index contributed by atoms with van der Waals surface area (Å²) in [5.41, 5.74) is 4.35. The minimum Gasteiger partial charge on any atom is -0.478 e. The lowest BCUT2D eigenvalue weighted by Crippen LogP contribution is -2.30. The van der Waals surface area contributed by atoms with E-state index in [1.54, 1.807) is 12.3 Å². The van der Waals surface area contributed by atoms with Gasteiger partial charge in [0.25, 0.3) is 10.0 Å². The number of aryl methyl sites for hydroxylation is 3. The molecular formula is C25H29N3O5S. The number of rotatable bonds is 7. The zero-order chi connectivity index (χ0) is 24.5. The van der Waals surface area contributed by atoms with Gasteiger partial charge in [0.05, 0.1) is 28.0 Å². The molecule has 1 aliphatic rings. The van der Waals surface area contributed by atoms with Crippen LogP contribution in [0.25, 0.3) is 11.1 Å². The predicted molar refractivity (Wildman–Crippen MR) is 131 cm³/mol. The molecule has 1 fully saturated rings. The summed E-state index contributed by atoms with van der Waals surface area (Å²) in [5, 5.41) is 13.3. The smallest absolute Gasteiger partial charge is 0.335 e. The van der Waals surface area contributed by atoms with E-state index in [-0.39, 0.29) is 10.5 Å². The minimum absolute atomic E-state index is 0.0252. The summed E-state index contributed by atoms with van der Waals surface area (Å²) in [6.07, 6.45) is 5.31. The van der Waals surface area contributed by atoms with Crippen LogP contribution in [0.3, 0.4) is 0 Å². The Labute approximate surface area is 199 Å². The van der Waals surface area contributed by atoms with E-state index < -0.39 is 16.0 Å². The molecule has 0 radical (unpaired) electrons. The van der Waals surface area contributed by atoms with Gasteiger partial charge in [-0.2, -0.15) is 0 Å². The third kappa shape index (κ3) is 4.65. The Morgan fingerprint density at radius 3 is 2.47 bits per heavy atom. The monoisotopic (exact) mass is 483 g/mol. The van der Waals surface area contributed by atoms with Crippen molar-refractivity contribution in [3.8, 4) is 11.1 Å². The summed E-state index contributed by atoms with van der Waals surface area (Å²) in [5.74, 6) is -0.529. The van der Waals surface area contributed by atoms with Crippen molar-refractivity contribution < 1.29 is 22.8 Å². The molecule has 0 unspecified atom stereocenters. The molecule has 9 heteroatoms. The summed E-state index contributed by atoms with van der Waals surface area (Å²) in [7, 11) is -4.06. The largest absolute Gasteiger partial charge is 0.478 e. The van der Waals surface area contributed by atoms with Crippen LogP contribution in [0, 0.1) is 13.8 Å². The van der Waals surface area contributed by atoms with Crippen LogP contribution in [0.5, 0.6) is 0 Å². The van der Waals surface area contributed by atoms with Gasteiger partial charge in [0.1, 0.15) is 5.76 Å². The van der Waals surface area contributed by atoms with Crippen LogP contribution in [0.15, 0.2) is 45.9 Å². The van der Waals surface area contributed by atoms with E-state index in [1.165, 1.54) is 12.1 Å². The molecule has 4 rings (SSSR count). The number of piperidine rings is 1. The minimum atomic E-state index is -4.06. The molecule has 0 bridgehead atoms. The predicted octanol–water partition coefficient (Wildman–Crippen LogP) is 5.01. The Bertz CT molecular complexity index is 1320. The highest BCUT2D eigenvalue weighted by Crippen LogP contribution is 2.38. The van der Waals surface area contributed by atoms with E-state index in [0.29, 0.717) is 23.4 Å². The van der Waals surface area contributed by atoms with Crippen LogP contribution in [-0.4, -0.2) is 37.7 Å². The molecule has 1 saturated heterocycles. The Morgan fingerprint density at radius 2 is 1.85 bits per heavy atom. The van der Waals surface area contributed by atoms with Crippen molar-refractivity contribution in [2.24, 2.45) is 0 Å². The normalized spacial score (nSPS) is 14.3. The quantitative estimate of drug-likeness (QED) is 0.486. The van der Waals surface area contributed by atoms with E-state index in [9.17, 15) is 18.3 Å². The van der Waals surface area contributed by atoms with Crippen LogP contribution in [0.2, 0.25) is 0 Å². The van der Waals surface area contributed by atoms with Gasteiger partial charge in [-0.15, -0.1) is 0 Å². The number of carboxylic acid groups (broad SMARTS) is 1. The highest BCUT2D eigenvalue weighted by molar-refractivity contribution is 7.92. The van der Waals surface area contributed by atoms with Gasteiger partial charge in [-0.05, 0) is 80.5 Å². The molecule has 0 aliphatic carbocycles. The van der Waals surface area contributed by atoms with E-state index in [4.69, 9.17) is 4.52 Å². The van der Waals surface area contributed by atoms with Crippen LogP contribution >= 0.6 is 0 Å². The SMILES string of the molecule is CCc1ccc(C(=O)O)cc1S(=O)(=O)Nc1cc(-c2cnoc2C)c(C)cc1N1CCCCC1. The second kappa shape index (κ2) is 9.50. The van der Waals surface area contributed by atoms with Crippen molar-refractivity contribution in [1.82, 2.24) is 5.16 Å². The first-order valence-corrected chi connectivity index (χ1v) is 12.9. The standard InChI is InChI=1S/C25H29N3O5S/c1-4-18-8-9-19(25(29)30)13-24(18)34(31,32)27-22-14-20(21-15-26-33-17(21)3)16(2)12-23(22)28-10-6-5-7-11-28/h8-9,12-15,27H,4-7,10-11H2,1-3H3,(H,29,30). The summed E-state index contributed by atoms with van der Waals surface area (Å²) in [6, 6.07) is 8.04. The van der Waals surface area contributed by atoms with Crippen molar-refractivity contribution in [3.05, 3.63) is 59.0 Å². The third-order valence-corrected chi connectivity index (χ3v) is 7.76. The molecule has 2 aromatic carbocycles. The Hall–Kier alpha value is -3.33. The number of aromatic nitrogens is 1. The second-order valence-corrected chi connectivity index (χ2v) is 10.3. The first kappa shape index (κ1) is 23.8. The fourth-order valence-corrected chi connectivity index (χ4v) is 5.85. The number of benzene rings is 2. The number of carboxylic acids is 1. The van der Waals surface area contributed by atoms with Gasteiger partial charge >= 0.3 is 5.97 Å². The molecule has 0 spiro atoms. The van der Waals surface area contributed by atoms with Gasteiger partial charge in [-0.1, -0.05) is 18.1 Å². The molecular weight excluding hydrogens is 454 g/mol. The molecule has 180 valence electrons. The number of nitrogens with zero attached hydrogens (tertiary/aromatic N) is 2. The number of aromatic carboxylic acids is 1. The maximum atomic E-state index is 13.6. The van der Waals surface area contributed by atoms with Crippen molar-refractivity contribution in [3.63, 3.8) is 0 Å². The fourth-order valence-electron chi connectivity index (χ4n) is 4.45. The number of hydrogen-bond acceptors (Lipinski definition) is 6. The molecule has 3 aromatic rings. The van der Waals surface area contributed by atoms with Crippen molar-refractivity contribution in [2.45, 2.75) is 51.3 Å². The fraction of sp³-hybridized carbons (Fsp3) is 0.360. The van der Waals surface area contributed by atoms with Gasteiger partial charge in [0, 0.05) is 18.7 Å². The Balaban J connectivity index is 1.84. The summed E-state index contributed by atoms with van der Waals surface area (Å²) in [4.78, 5) is 13.7. The molecule has 0 saturated carbocycles. The molecule has 2 N–H and O–H groups in total. The number of carbonyl (C=O) groups is 1. The molecule has 0 atom stereocenters. The maximum absolute atomic E-state index is 13.6. The van der Waals surface area contributed by atoms with Crippen molar-refractivity contribution in [2.75, 3.05) is 22.7 Å². The zero-order valence-corrected chi connectivity index (χ0v) is 20.4. The third-order valence-electron chi connectivity index (χ3n) is 6.31. The summed E-state index contributed by atoms with van der Waals surface area (Å²) < 4.78 is 35.2. The van der Waals surface area contributed by atoms with Gasteiger partial charge in [0.15, 0.2) is 0 Å². The molecule has 1 aliphatic heterocycles. The lowest BCUT2D eigenvalue weighted by atomic mass is 9.99. The van der Waals surface area contributed by atoms with Gasteiger partial charge < -0.3 is 14.5 Å². The topological polar surface area (TPSA) is 113 Å². The van der Waals surface area contributed by atoms with E-state index in [0.717, 1.165) is 54.7 Å². The van der Waals surface area contributed by atoms with E-state index >= 15 is 0 Å². The van der Waals surface area contributed by atoms with Gasteiger partial charge in [-0.3, -0.25) is 4.72 Å². The number of sulfonamides is 1. The van der Waals surface area contributed by atoms with Gasteiger partial charge in [-0.25, -0.2) is 13.2 Å². The van der Waals surface area contributed by atoms with E-state index in [1.807, 2.05) is 32.9 Å². The lowest BCUT2D eigenvalue weighted by Gasteiger charge is -2.31. The van der Waals surface area contributed by atoms with Crippen LogP contribution in [-0.2, 0) is 16.4 Å². The van der Waals surface area contributed by atoms with Crippen molar-refractivity contribution in [1.29, 1.82) is 0 Å². The zero-order valence-electron chi connectivity index (χ0n) is 19.6. The maximum Gasteiger partial charge on any atom is 0.335 e. The Kier molecular flexibility index (Phi) is 6.65. The number of anilines is 2. The highest BCUT2D eigenvalue weighted by atomic mass is 32.2. The molecule has 8 nitrogen and oxygen atoms in total.